The number of nitrogens with zero attached hydrogens (tertiary/aromatic N) is 4. The molecule has 7 aromatic carbocycles. The first-order valence-electron chi connectivity index (χ1n) is 22.0. The van der Waals surface area contributed by atoms with Crippen LogP contribution in [0.5, 0.6) is 0 Å². The van der Waals surface area contributed by atoms with Gasteiger partial charge < -0.3 is 9.13 Å². The first-order valence-corrected chi connectivity index (χ1v) is 22.0. The molecule has 3 aromatic heterocycles. The quantitative estimate of drug-likeness (QED) is 0.163. The third-order valence-electron chi connectivity index (χ3n) is 13.2. The molecule has 0 radical (unpaired) electrons. The van der Waals surface area contributed by atoms with Crippen molar-refractivity contribution in [1.29, 1.82) is 0 Å². The summed E-state index contributed by atoms with van der Waals surface area (Å²) < 4.78 is 4.94. The van der Waals surface area contributed by atoms with Crippen molar-refractivity contribution in [3.05, 3.63) is 143 Å². The molecule has 0 saturated heterocycles. The van der Waals surface area contributed by atoms with Crippen molar-refractivity contribution in [3.8, 4) is 11.4 Å². The Kier molecular flexibility index (Phi) is 8.35. The zero-order valence-electron chi connectivity index (χ0n) is 38.3. The lowest BCUT2D eigenvalue weighted by molar-refractivity contribution is 0.590. The Morgan fingerprint density at radius 2 is 0.672 bits per heavy atom. The summed E-state index contributed by atoms with van der Waals surface area (Å²) in [5, 5.41) is 9.70. The molecule has 0 unspecified atom stereocenters. The highest BCUT2D eigenvalue weighted by molar-refractivity contribution is 6.24. The molecule has 0 amide bonds. The molecule has 0 bridgehead atoms. The fraction of sp³-hybridized carbons (Fsp3) is 0.298. The number of rotatable bonds is 2. The van der Waals surface area contributed by atoms with Gasteiger partial charge in [-0.25, -0.2) is 4.98 Å². The van der Waals surface area contributed by atoms with E-state index in [-0.39, 0.29) is 21.7 Å². The molecule has 4 nitrogen and oxygen atoms in total. The van der Waals surface area contributed by atoms with Crippen molar-refractivity contribution in [2.75, 3.05) is 0 Å². The van der Waals surface area contributed by atoms with Gasteiger partial charge in [0.25, 0.3) is 0 Å². The van der Waals surface area contributed by atoms with Gasteiger partial charge in [-0.2, -0.15) is 0 Å². The number of aryl methyl sites for hydroxylation is 1. The fourth-order valence-corrected chi connectivity index (χ4v) is 9.53. The molecule has 0 aliphatic heterocycles. The van der Waals surface area contributed by atoms with Crippen molar-refractivity contribution in [3.63, 3.8) is 0 Å². The van der Waals surface area contributed by atoms with E-state index in [0.717, 1.165) is 38.9 Å². The summed E-state index contributed by atoms with van der Waals surface area (Å²) in [6.07, 6.45) is 1.90. The Hall–Kier alpha value is -6.00. The molecule has 3 heterocycles. The molecule has 61 heavy (non-hydrogen) atoms. The van der Waals surface area contributed by atoms with E-state index < -0.39 is 0 Å². The lowest BCUT2D eigenvalue weighted by atomic mass is 9.85. The minimum absolute atomic E-state index is 0.0319. The summed E-state index contributed by atoms with van der Waals surface area (Å²) in [7, 11) is 0. The van der Waals surface area contributed by atoms with Crippen molar-refractivity contribution in [2.24, 2.45) is 0 Å². The molecule has 0 aliphatic rings. The Labute approximate surface area is 360 Å². The number of hydrogen-bond acceptors (Lipinski definition) is 2. The number of fused-ring (bicyclic) bond motifs is 12. The SMILES string of the molecule is Cc1cnc2c3ccc(-n4c5ccc(C(C)(C)C)cc5c5cc(C(C)(C)C)ccc54)cc3c3cc(-n4c5ccc(C(C)(C)C)cc5c5cc(C(C)(C)C)ccc54)ccc3c2n1. The summed E-state index contributed by atoms with van der Waals surface area (Å²) >= 11 is 0. The van der Waals surface area contributed by atoms with Crippen LogP contribution in [0.3, 0.4) is 0 Å². The first kappa shape index (κ1) is 39.2. The predicted molar refractivity (Wildman–Crippen MR) is 263 cm³/mol. The third-order valence-corrected chi connectivity index (χ3v) is 13.2. The Morgan fingerprint density at radius 3 is 1.00 bits per heavy atom. The minimum Gasteiger partial charge on any atom is -0.309 e. The second kappa shape index (κ2) is 13.0. The summed E-state index contributed by atoms with van der Waals surface area (Å²) in [5.41, 5.74) is 15.4. The molecule has 10 aromatic rings. The number of hydrogen-bond donors (Lipinski definition) is 0. The second-order valence-corrected chi connectivity index (χ2v) is 21.8. The van der Waals surface area contributed by atoms with Crippen molar-refractivity contribution >= 4 is 76.2 Å². The topological polar surface area (TPSA) is 35.6 Å². The van der Waals surface area contributed by atoms with E-state index in [1.54, 1.807) is 0 Å². The monoisotopic (exact) mass is 798 g/mol. The summed E-state index contributed by atoms with van der Waals surface area (Å²) in [6, 6.07) is 42.2. The van der Waals surface area contributed by atoms with E-state index in [1.165, 1.54) is 76.6 Å². The van der Waals surface area contributed by atoms with Crippen LogP contribution in [-0.4, -0.2) is 19.1 Å². The summed E-state index contributed by atoms with van der Waals surface area (Å²) in [5.74, 6) is 0. The molecule has 0 aliphatic carbocycles. The molecule has 0 saturated carbocycles. The first-order chi connectivity index (χ1) is 28.7. The van der Waals surface area contributed by atoms with Gasteiger partial charge in [0, 0.05) is 49.9 Å². The molecule has 4 heteroatoms. The van der Waals surface area contributed by atoms with E-state index in [4.69, 9.17) is 9.97 Å². The van der Waals surface area contributed by atoms with Gasteiger partial charge in [-0.05, 0) is 134 Å². The lowest BCUT2D eigenvalue weighted by Gasteiger charge is -2.19. The fourth-order valence-electron chi connectivity index (χ4n) is 9.53. The van der Waals surface area contributed by atoms with Crippen LogP contribution in [-0.2, 0) is 21.7 Å². The predicted octanol–water partition coefficient (Wildman–Crippen LogP) is 15.6. The van der Waals surface area contributed by atoms with Gasteiger partial charge in [0.2, 0.25) is 0 Å². The standard InChI is InChI=1S/C57H58N4/c1-33-32-58-52-40-20-18-38(60-48-22-14-34(54(2,3)4)26-44(48)45-27-35(55(5,6)7)15-23-49(45)60)30-42(40)43-31-39(19-21-41(43)53(52)59-33)61-50-24-16-36(56(8,9)10)28-46(50)47-29-37(57(11,12)13)17-25-51(47)61/h14-32H,1-13H3. The smallest absolute Gasteiger partial charge is 0.0974 e. The van der Waals surface area contributed by atoms with Gasteiger partial charge >= 0.3 is 0 Å². The maximum absolute atomic E-state index is 5.15. The normalized spacial score (nSPS) is 13.3. The Bertz CT molecular complexity index is 3310. The number of benzene rings is 7. The van der Waals surface area contributed by atoms with Gasteiger partial charge in [-0.1, -0.05) is 119 Å². The van der Waals surface area contributed by atoms with Gasteiger partial charge in [0.05, 0.1) is 38.8 Å². The van der Waals surface area contributed by atoms with Crippen LogP contribution in [0.2, 0.25) is 0 Å². The zero-order valence-corrected chi connectivity index (χ0v) is 38.3. The van der Waals surface area contributed by atoms with Crippen molar-refractivity contribution < 1.29 is 0 Å². The van der Waals surface area contributed by atoms with Crippen LogP contribution in [0.25, 0.3) is 87.6 Å². The van der Waals surface area contributed by atoms with Gasteiger partial charge in [-0.3, -0.25) is 4.98 Å². The van der Waals surface area contributed by atoms with E-state index in [9.17, 15) is 0 Å². The van der Waals surface area contributed by atoms with Crippen LogP contribution in [0.15, 0.2) is 115 Å². The third kappa shape index (κ3) is 6.24. The van der Waals surface area contributed by atoms with Crippen LogP contribution >= 0.6 is 0 Å². The van der Waals surface area contributed by atoms with Crippen LogP contribution in [0.4, 0.5) is 0 Å². The highest BCUT2D eigenvalue weighted by Gasteiger charge is 2.24. The van der Waals surface area contributed by atoms with E-state index in [1.807, 2.05) is 13.1 Å². The van der Waals surface area contributed by atoms with Crippen molar-refractivity contribution in [1.82, 2.24) is 19.1 Å². The maximum Gasteiger partial charge on any atom is 0.0974 e. The molecule has 306 valence electrons. The molecule has 0 spiro atoms. The minimum atomic E-state index is 0.0319. The number of aromatic nitrogens is 4. The molecular weight excluding hydrogens is 741 g/mol. The zero-order chi connectivity index (χ0) is 43.1. The van der Waals surface area contributed by atoms with Crippen molar-refractivity contribution in [2.45, 2.75) is 112 Å². The van der Waals surface area contributed by atoms with E-state index in [0.29, 0.717) is 0 Å². The highest BCUT2D eigenvalue weighted by atomic mass is 15.0. The van der Waals surface area contributed by atoms with Crippen LogP contribution in [0, 0.1) is 6.92 Å². The lowest BCUT2D eigenvalue weighted by Crippen LogP contribution is -2.10. The second-order valence-electron chi connectivity index (χ2n) is 21.8. The van der Waals surface area contributed by atoms with E-state index >= 15 is 0 Å². The molecule has 10 rings (SSSR count). The van der Waals surface area contributed by atoms with E-state index in [2.05, 4.69) is 201 Å². The average Bonchev–Trinajstić information content (AvgIpc) is 3.70. The van der Waals surface area contributed by atoms with Gasteiger partial charge in [-0.15, -0.1) is 0 Å². The summed E-state index contributed by atoms with van der Waals surface area (Å²) in [4.78, 5) is 10.2. The molecule has 0 N–H and O–H groups in total. The Balaban J connectivity index is 1.28. The summed E-state index contributed by atoms with van der Waals surface area (Å²) in [6.45, 7) is 29.7. The van der Waals surface area contributed by atoms with Crippen LogP contribution < -0.4 is 0 Å². The average molecular weight is 799 g/mol. The Morgan fingerprint density at radius 1 is 0.344 bits per heavy atom. The maximum atomic E-state index is 5.15. The molecule has 0 atom stereocenters. The highest BCUT2D eigenvalue weighted by Crippen LogP contribution is 2.42. The van der Waals surface area contributed by atoms with Crippen LogP contribution in [0.1, 0.15) is 111 Å². The largest absolute Gasteiger partial charge is 0.309 e. The van der Waals surface area contributed by atoms with Gasteiger partial charge in [0.15, 0.2) is 0 Å². The molecular formula is C57H58N4. The molecule has 0 fully saturated rings. The van der Waals surface area contributed by atoms with Gasteiger partial charge in [0.1, 0.15) is 0 Å².